The molecule has 0 aliphatic carbocycles. The highest BCUT2D eigenvalue weighted by molar-refractivity contribution is 9.10. The van der Waals surface area contributed by atoms with Crippen molar-refractivity contribution in [2.75, 3.05) is 17.2 Å². The van der Waals surface area contributed by atoms with Crippen molar-refractivity contribution >= 4 is 39.2 Å². The predicted molar refractivity (Wildman–Crippen MR) is 87.0 cm³/mol. The second kappa shape index (κ2) is 7.08. The largest absolute Gasteiger partial charge is 0.450 e. The average molecular weight is 350 g/mol. The van der Waals surface area contributed by atoms with Crippen LogP contribution in [-0.4, -0.2) is 17.7 Å². The summed E-state index contributed by atoms with van der Waals surface area (Å²) in [6.45, 7) is 4.10. The van der Waals surface area contributed by atoms with Gasteiger partial charge in [0, 0.05) is 10.2 Å². The van der Waals surface area contributed by atoms with E-state index in [1.165, 1.54) is 0 Å². The number of pyridine rings is 1. The maximum Gasteiger partial charge on any atom is 0.412 e. The van der Waals surface area contributed by atoms with E-state index in [-0.39, 0.29) is 0 Å². The van der Waals surface area contributed by atoms with E-state index in [0.717, 1.165) is 21.4 Å². The van der Waals surface area contributed by atoms with Gasteiger partial charge in [-0.3, -0.25) is 5.32 Å². The minimum Gasteiger partial charge on any atom is -0.450 e. The van der Waals surface area contributed by atoms with Gasteiger partial charge in [-0.1, -0.05) is 15.9 Å². The van der Waals surface area contributed by atoms with Crippen LogP contribution in [0.2, 0.25) is 0 Å². The SMILES string of the molecule is CCOC(=O)Nc1ccc(Nc2ccc(Br)cc2C)cn1. The number of hydrogen-bond donors (Lipinski definition) is 2. The van der Waals surface area contributed by atoms with Crippen molar-refractivity contribution in [3.05, 3.63) is 46.6 Å². The van der Waals surface area contributed by atoms with Crippen LogP contribution in [0.5, 0.6) is 0 Å². The molecule has 1 aromatic heterocycles. The molecule has 2 rings (SSSR count). The molecular formula is C15H16BrN3O2. The Balaban J connectivity index is 2.03. The van der Waals surface area contributed by atoms with Crippen molar-refractivity contribution in [1.82, 2.24) is 4.98 Å². The fourth-order valence-electron chi connectivity index (χ4n) is 1.74. The fourth-order valence-corrected chi connectivity index (χ4v) is 2.21. The first kappa shape index (κ1) is 15.3. The molecule has 0 unspecified atom stereocenters. The smallest absolute Gasteiger partial charge is 0.412 e. The molecule has 0 aliphatic heterocycles. The van der Waals surface area contributed by atoms with Crippen molar-refractivity contribution in [2.24, 2.45) is 0 Å². The molecule has 110 valence electrons. The van der Waals surface area contributed by atoms with Crippen LogP contribution in [0.15, 0.2) is 41.0 Å². The van der Waals surface area contributed by atoms with E-state index in [1.807, 2.05) is 31.2 Å². The number of nitrogens with one attached hydrogen (secondary N) is 2. The van der Waals surface area contributed by atoms with Gasteiger partial charge in [0.15, 0.2) is 0 Å². The van der Waals surface area contributed by atoms with Crippen LogP contribution < -0.4 is 10.6 Å². The van der Waals surface area contributed by atoms with Gasteiger partial charge < -0.3 is 10.1 Å². The van der Waals surface area contributed by atoms with Gasteiger partial charge in [0.25, 0.3) is 0 Å². The van der Waals surface area contributed by atoms with Crippen LogP contribution in [0, 0.1) is 6.92 Å². The van der Waals surface area contributed by atoms with Gasteiger partial charge >= 0.3 is 6.09 Å². The average Bonchev–Trinajstić information content (AvgIpc) is 2.44. The highest BCUT2D eigenvalue weighted by atomic mass is 79.9. The Hall–Kier alpha value is -2.08. The quantitative estimate of drug-likeness (QED) is 0.854. The van der Waals surface area contributed by atoms with E-state index in [9.17, 15) is 4.79 Å². The predicted octanol–water partition coefficient (Wildman–Crippen LogP) is 4.46. The summed E-state index contributed by atoms with van der Waals surface area (Å²) < 4.78 is 5.83. The molecule has 2 N–H and O–H groups in total. The molecule has 0 saturated heterocycles. The van der Waals surface area contributed by atoms with Crippen LogP contribution in [0.3, 0.4) is 0 Å². The van der Waals surface area contributed by atoms with Crippen molar-refractivity contribution < 1.29 is 9.53 Å². The van der Waals surface area contributed by atoms with Gasteiger partial charge in [0.1, 0.15) is 5.82 Å². The van der Waals surface area contributed by atoms with Gasteiger partial charge in [-0.2, -0.15) is 0 Å². The lowest BCUT2D eigenvalue weighted by Gasteiger charge is -2.10. The molecule has 0 fully saturated rings. The Morgan fingerprint density at radius 3 is 2.76 bits per heavy atom. The van der Waals surface area contributed by atoms with Crippen LogP contribution in [0.1, 0.15) is 12.5 Å². The second-order valence-corrected chi connectivity index (χ2v) is 5.28. The van der Waals surface area contributed by atoms with Crippen LogP contribution in [0.4, 0.5) is 22.0 Å². The molecule has 1 aromatic carbocycles. The molecule has 5 nitrogen and oxygen atoms in total. The molecule has 0 spiro atoms. The monoisotopic (exact) mass is 349 g/mol. The van der Waals surface area contributed by atoms with Crippen LogP contribution in [0.25, 0.3) is 0 Å². The van der Waals surface area contributed by atoms with E-state index in [2.05, 4.69) is 31.5 Å². The number of amides is 1. The number of anilines is 3. The number of carbonyl (C=O) groups is 1. The molecule has 1 amide bonds. The number of benzene rings is 1. The number of aryl methyl sites for hydroxylation is 1. The number of aromatic nitrogens is 1. The summed E-state index contributed by atoms with van der Waals surface area (Å²) in [5.74, 6) is 0.450. The van der Waals surface area contributed by atoms with Crippen LogP contribution in [-0.2, 0) is 4.74 Å². The molecule has 0 bridgehead atoms. The van der Waals surface area contributed by atoms with E-state index in [1.54, 1.807) is 19.2 Å². The van der Waals surface area contributed by atoms with Gasteiger partial charge in [-0.25, -0.2) is 9.78 Å². The Kier molecular flexibility index (Phi) is 5.16. The summed E-state index contributed by atoms with van der Waals surface area (Å²) >= 11 is 3.43. The van der Waals surface area contributed by atoms with Crippen molar-refractivity contribution in [1.29, 1.82) is 0 Å². The van der Waals surface area contributed by atoms with Crippen molar-refractivity contribution in [3.63, 3.8) is 0 Å². The zero-order chi connectivity index (χ0) is 15.2. The van der Waals surface area contributed by atoms with Crippen molar-refractivity contribution in [2.45, 2.75) is 13.8 Å². The molecule has 2 aromatic rings. The minimum absolute atomic E-state index is 0.328. The molecule has 0 aliphatic rings. The summed E-state index contributed by atoms with van der Waals surface area (Å²) in [5, 5.41) is 5.82. The third-order valence-electron chi connectivity index (χ3n) is 2.74. The fraction of sp³-hybridized carbons (Fsp3) is 0.200. The summed E-state index contributed by atoms with van der Waals surface area (Å²) in [6, 6.07) is 9.56. The van der Waals surface area contributed by atoms with E-state index < -0.39 is 6.09 Å². The number of hydrogen-bond acceptors (Lipinski definition) is 4. The number of ether oxygens (including phenoxy) is 1. The first-order valence-electron chi connectivity index (χ1n) is 6.51. The summed E-state index contributed by atoms with van der Waals surface area (Å²) in [4.78, 5) is 15.4. The third-order valence-corrected chi connectivity index (χ3v) is 3.23. The Morgan fingerprint density at radius 1 is 1.33 bits per heavy atom. The number of carbonyl (C=O) groups excluding carboxylic acids is 1. The molecule has 6 heteroatoms. The standard InChI is InChI=1S/C15H16BrN3O2/c1-3-21-15(20)19-14-7-5-12(9-17-14)18-13-6-4-11(16)8-10(13)2/h4-9,18H,3H2,1-2H3,(H,17,19,20). The lowest BCUT2D eigenvalue weighted by atomic mass is 10.2. The first-order valence-corrected chi connectivity index (χ1v) is 7.31. The summed E-state index contributed by atoms with van der Waals surface area (Å²) in [6.07, 6.45) is 1.15. The summed E-state index contributed by atoms with van der Waals surface area (Å²) in [7, 11) is 0. The zero-order valence-corrected chi connectivity index (χ0v) is 13.4. The zero-order valence-electron chi connectivity index (χ0n) is 11.8. The Morgan fingerprint density at radius 2 is 2.14 bits per heavy atom. The number of halogens is 1. The number of rotatable bonds is 4. The van der Waals surface area contributed by atoms with Gasteiger partial charge in [-0.05, 0) is 49.7 Å². The molecule has 0 radical (unpaired) electrons. The summed E-state index contributed by atoms with van der Waals surface area (Å²) in [5.41, 5.74) is 2.97. The second-order valence-electron chi connectivity index (χ2n) is 4.36. The molecular weight excluding hydrogens is 334 g/mol. The third kappa shape index (κ3) is 4.46. The van der Waals surface area contributed by atoms with Gasteiger partial charge in [0.05, 0.1) is 18.5 Å². The van der Waals surface area contributed by atoms with Crippen LogP contribution >= 0.6 is 15.9 Å². The molecule has 0 saturated carbocycles. The van der Waals surface area contributed by atoms with Crippen molar-refractivity contribution in [3.8, 4) is 0 Å². The van der Waals surface area contributed by atoms with E-state index in [0.29, 0.717) is 12.4 Å². The lowest BCUT2D eigenvalue weighted by molar-refractivity contribution is 0.168. The minimum atomic E-state index is -0.505. The Bertz CT molecular complexity index is 629. The topological polar surface area (TPSA) is 63.2 Å². The Labute approximate surface area is 131 Å². The highest BCUT2D eigenvalue weighted by Crippen LogP contribution is 2.23. The van der Waals surface area contributed by atoms with E-state index in [4.69, 9.17) is 4.74 Å². The van der Waals surface area contributed by atoms with Gasteiger partial charge in [-0.15, -0.1) is 0 Å². The number of nitrogens with zero attached hydrogens (tertiary/aromatic N) is 1. The van der Waals surface area contributed by atoms with E-state index >= 15 is 0 Å². The normalized spacial score (nSPS) is 10.0. The lowest BCUT2D eigenvalue weighted by Crippen LogP contribution is -2.14. The van der Waals surface area contributed by atoms with Gasteiger partial charge in [0.2, 0.25) is 0 Å². The molecule has 1 heterocycles. The maximum atomic E-state index is 11.3. The molecule has 0 atom stereocenters. The molecule has 21 heavy (non-hydrogen) atoms. The first-order chi connectivity index (χ1) is 10.1. The maximum absolute atomic E-state index is 11.3. The highest BCUT2D eigenvalue weighted by Gasteiger charge is 2.04.